The summed E-state index contributed by atoms with van der Waals surface area (Å²) in [6, 6.07) is 14.1. The van der Waals surface area contributed by atoms with Crippen LogP contribution in [0.1, 0.15) is 31.9 Å². The van der Waals surface area contributed by atoms with Crippen LogP contribution >= 0.6 is 0 Å². The van der Waals surface area contributed by atoms with Crippen LogP contribution in [0, 0.1) is 0 Å². The van der Waals surface area contributed by atoms with E-state index in [1.165, 1.54) is 24.9 Å². The summed E-state index contributed by atoms with van der Waals surface area (Å²) >= 11 is 0. The van der Waals surface area contributed by atoms with Gasteiger partial charge in [0, 0.05) is 25.5 Å². The minimum Gasteiger partial charge on any atom is -0.487 e. The minimum atomic E-state index is 0.506. The number of unbranched alkanes of at least 4 members (excludes halogenated alkanes) is 2. The summed E-state index contributed by atoms with van der Waals surface area (Å²) in [6.07, 6.45) is 5.57. The highest BCUT2D eigenvalue weighted by atomic mass is 16.5. The Balaban J connectivity index is 1.84. The van der Waals surface area contributed by atoms with Gasteiger partial charge in [-0.2, -0.15) is 0 Å². The van der Waals surface area contributed by atoms with Crippen LogP contribution in [0.2, 0.25) is 0 Å². The number of benzene rings is 1. The summed E-state index contributed by atoms with van der Waals surface area (Å²) in [5.74, 6) is 0.881. The molecular weight excluding hydrogens is 260 g/mol. The van der Waals surface area contributed by atoms with Crippen molar-refractivity contribution in [1.29, 1.82) is 0 Å². The number of aromatic nitrogens is 1. The van der Waals surface area contributed by atoms with Crippen molar-refractivity contribution in [3.8, 4) is 5.75 Å². The van der Waals surface area contributed by atoms with E-state index in [-0.39, 0.29) is 0 Å². The first-order chi connectivity index (χ1) is 10.3. The average molecular weight is 284 g/mol. The second-order valence-electron chi connectivity index (χ2n) is 5.23. The molecule has 3 heteroatoms. The van der Waals surface area contributed by atoms with E-state index < -0.39 is 0 Å². The van der Waals surface area contributed by atoms with Gasteiger partial charge in [-0.3, -0.25) is 4.98 Å². The first-order valence-corrected chi connectivity index (χ1v) is 7.63. The molecule has 112 valence electrons. The molecule has 0 unspecified atom stereocenters. The van der Waals surface area contributed by atoms with Crippen LogP contribution in [0.3, 0.4) is 0 Å². The van der Waals surface area contributed by atoms with Gasteiger partial charge in [0.25, 0.3) is 0 Å². The Kier molecular flexibility index (Phi) is 6.07. The van der Waals surface area contributed by atoms with Crippen molar-refractivity contribution in [2.75, 3.05) is 18.5 Å². The number of ether oxygens (including phenoxy) is 1. The van der Waals surface area contributed by atoms with Crippen molar-refractivity contribution in [2.24, 2.45) is 0 Å². The fourth-order valence-electron chi connectivity index (χ4n) is 2.17. The Morgan fingerprint density at radius 1 is 1.05 bits per heavy atom. The molecule has 0 fully saturated rings. The molecule has 0 bridgehead atoms. The zero-order valence-corrected chi connectivity index (χ0v) is 13.0. The highest BCUT2D eigenvalue weighted by Gasteiger charge is 2.01. The molecule has 3 nitrogen and oxygen atoms in total. The molecule has 1 heterocycles. The average Bonchev–Trinajstić information content (AvgIpc) is 2.54. The molecule has 2 rings (SSSR count). The summed E-state index contributed by atoms with van der Waals surface area (Å²) in [6.45, 7) is 3.84. The third kappa shape index (κ3) is 5.10. The van der Waals surface area contributed by atoms with Crippen molar-refractivity contribution >= 4 is 5.69 Å². The van der Waals surface area contributed by atoms with Gasteiger partial charge in [0.05, 0.1) is 5.69 Å². The first kappa shape index (κ1) is 15.4. The molecule has 0 atom stereocenters. The van der Waals surface area contributed by atoms with Crippen molar-refractivity contribution in [2.45, 2.75) is 32.8 Å². The fourth-order valence-corrected chi connectivity index (χ4v) is 2.17. The molecule has 0 amide bonds. The molecule has 1 aromatic heterocycles. The number of hydrogen-bond acceptors (Lipinski definition) is 3. The highest BCUT2D eigenvalue weighted by Crippen LogP contribution is 2.19. The van der Waals surface area contributed by atoms with E-state index in [1.807, 2.05) is 30.3 Å². The molecule has 0 aliphatic rings. The molecule has 0 N–H and O–H groups in total. The van der Waals surface area contributed by atoms with Crippen LogP contribution in [0.15, 0.2) is 48.7 Å². The lowest BCUT2D eigenvalue weighted by atomic mass is 10.2. The van der Waals surface area contributed by atoms with Crippen molar-refractivity contribution in [1.82, 2.24) is 4.98 Å². The summed E-state index contributed by atoms with van der Waals surface area (Å²) in [5.41, 5.74) is 2.18. The molecular formula is C18H24N2O. The molecule has 0 aliphatic heterocycles. The van der Waals surface area contributed by atoms with Crippen molar-refractivity contribution in [3.63, 3.8) is 0 Å². The zero-order valence-electron chi connectivity index (χ0n) is 13.0. The zero-order chi connectivity index (χ0) is 14.9. The van der Waals surface area contributed by atoms with Crippen LogP contribution < -0.4 is 9.64 Å². The van der Waals surface area contributed by atoms with E-state index in [0.717, 1.165) is 18.0 Å². The highest BCUT2D eigenvalue weighted by molar-refractivity contribution is 5.48. The summed E-state index contributed by atoms with van der Waals surface area (Å²) in [7, 11) is 2.14. The second kappa shape index (κ2) is 8.30. The van der Waals surface area contributed by atoms with Crippen molar-refractivity contribution < 1.29 is 4.74 Å². The predicted octanol–water partition coefficient (Wildman–Crippen LogP) is 4.29. The summed E-state index contributed by atoms with van der Waals surface area (Å²) in [4.78, 5) is 6.54. The van der Waals surface area contributed by atoms with Gasteiger partial charge in [0.1, 0.15) is 12.4 Å². The molecule has 0 saturated heterocycles. The van der Waals surface area contributed by atoms with E-state index in [1.54, 1.807) is 6.20 Å². The largest absolute Gasteiger partial charge is 0.487 e. The maximum absolute atomic E-state index is 5.74. The minimum absolute atomic E-state index is 0.506. The topological polar surface area (TPSA) is 25.4 Å². The molecule has 21 heavy (non-hydrogen) atoms. The molecule has 0 spiro atoms. The van der Waals surface area contributed by atoms with Crippen LogP contribution in [0.4, 0.5) is 5.69 Å². The van der Waals surface area contributed by atoms with Gasteiger partial charge in [0.2, 0.25) is 0 Å². The Labute approximate surface area is 127 Å². The predicted molar refractivity (Wildman–Crippen MR) is 87.8 cm³/mol. The molecule has 0 aliphatic carbocycles. The number of anilines is 1. The molecule has 1 aromatic carbocycles. The van der Waals surface area contributed by atoms with Gasteiger partial charge in [-0.1, -0.05) is 25.8 Å². The Bertz CT molecular complexity index is 511. The lowest BCUT2D eigenvalue weighted by Crippen LogP contribution is -2.18. The monoisotopic (exact) mass is 284 g/mol. The van der Waals surface area contributed by atoms with Crippen LogP contribution in [-0.4, -0.2) is 18.6 Å². The maximum atomic E-state index is 5.74. The fraction of sp³-hybridized carbons (Fsp3) is 0.389. The second-order valence-corrected chi connectivity index (χ2v) is 5.23. The van der Waals surface area contributed by atoms with Gasteiger partial charge in [0.15, 0.2) is 0 Å². The smallest absolute Gasteiger partial charge is 0.130 e. The maximum Gasteiger partial charge on any atom is 0.130 e. The summed E-state index contributed by atoms with van der Waals surface area (Å²) < 4.78 is 5.74. The lowest BCUT2D eigenvalue weighted by Gasteiger charge is -2.19. The first-order valence-electron chi connectivity index (χ1n) is 7.63. The molecule has 0 saturated carbocycles. The van der Waals surface area contributed by atoms with Gasteiger partial charge in [-0.25, -0.2) is 0 Å². The van der Waals surface area contributed by atoms with Gasteiger partial charge < -0.3 is 9.64 Å². The standard InChI is InChI=1S/C18H24N2O/c1-3-4-7-14-20(2)17-9-11-18(12-10-17)21-15-16-8-5-6-13-19-16/h5-6,8-13H,3-4,7,14-15H2,1-2H3. The van der Waals surface area contributed by atoms with Gasteiger partial charge >= 0.3 is 0 Å². The van der Waals surface area contributed by atoms with Gasteiger partial charge in [-0.05, 0) is 42.8 Å². The van der Waals surface area contributed by atoms with E-state index in [9.17, 15) is 0 Å². The number of nitrogens with zero attached hydrogens (tertiary/aromatic N) is 2. The normalized spacial score (nSPS) is 10.4. The third-order valence-corrected chi connectivity index (χ3v) is 3.49. The SMILES string of the molecule is CCCCCN(C)c1ccc(OCc2ccccn2)cc1. The van der Waals surface area contributed by atoms with E-state index >= 15 is 0 Å². The van der Waals surface area contributed by atoms with Crippen LogP contribution in [0.25, 0.3) is 0 Å². The summed E-state index contributed by atoms with van der Waals surface area (Å²) in [5, 5.41) is 0. The number of rotatable bonds is 8. The Morgan fingerprint density at radius 3 is 2.52 bits per heavy atom. The number of pyridine rings is 1. The van der Waals surface area contributed by atoms with E-state index in [0.29, 0.717) is 6.61 Å². The third-order valence-electron chi connectivity index (χ3n) is 3.49. The molecule has 0 radical (unpaired) electrons. The quantitative estimate of drug-likeness (QED) is 0.676. The Hall–Kier alpha value is -2.03. The van der Waals surface area contributed by atoms with Crippen LogP contribution in [0.5, 0.6) is 5.75 Å². The van der Waals surface area contributed by atoms with Gasteiger partial charge in [-0.15, -0.1) is 0 Å². The van der Waals surface area contributed by atoms with Crippen molar-refractivity contribution in [3.05, 3.63) is 54.4 Å². The number of hydrogen-bond donors (Lipinski definition) is 0. The Morgan fingerprint density at radius 2 is 1.86 bits per heavy atom. The lowest BCUT2D eigenvalue weighted by molar-refractivity contribution is 0.301. The van der Waals surface area contributed by atoms with E-state index in [4.69, 9.17) is 4.74 Å². The van der Waals surface area contributed by atoms with E-state index in [2.05, 4.69) is 36.0 Å². The van der Waals surface area contributed by atoms with Crippen LogP contribution in [-0.2, 0) is 6.61 Å². The molecule has 2 aromatic rings.